The zero-order chi connectivity index (χ0) is 8.48. The first-order chi connectivity index (χ1) is 5.04. The summed E-state index contributed by atoms with van der Waals surface area (Å²) in [7, 11) is 0. The fourth-order valence-corrected chi connectivity index (χ4v) is 1.72. The van der Waals surface area contributed by atoms with E-state index in [1.807, 2.05) is 0 Å². The topological polar surface area (TPSA) is 0 Å². The van der Waals surface area contributed by atoms with E-state index in [2.05, 4.69) is 39.8 Å². The van der Waals surface area contributed by atoms with Crippen molar-refractivity contribution in [3.8, 4) is 0 Å². The molecule has 0 radical (unpaired) electrons. The van der Waals surface area contributed by atoms with Crippen molar-refractivity contribution in [2.45, 2.75) is 40.5 Å². The Hall–Kier alpha value is -0.260. The molecular weight excluding hydrogens is 132 g/mol. The summed E-state index contributed by atoms with van der Waals surface area (Å²) in [6.07, 6.45) is 7.49. The molecule has 0 heteroatoms. The van der Waals surface area contributed by atoms with Gasteiger partial charge in [0, 0.05) is 0 Å². The Bertz CT molecular complexity index is 148. The molecule has 0 unspecified atom stereocenters. The molecule has 0 nitrogen and oxygen atoms in total. The van der Waals surface area contributed by atoms with Crippen LogP contribution in [0, 0.1) is 17.3 Å². The zero-order valence-corrected chi connectivity index (χ0v) is 8.22. The highest BCUT2D eigenvalue weighted by molar-refractivity contribution is 5.04. The number of rotatable bonds is 1. The lowest BCUT2D eigenvalue weighted by atomic mass is 9.79. The molecule has 0 saturated heterocycles. The molecule has 1 aliphatic carbocycles. The van der Waals surface area contributed by atoms with Crippen LogP contribution in [0.4, 0.5) is 0 Å². The van der Waals surface area contributed by atoms with E-state index in [1.54, 1.807) is 0 Å². The molecule has 0 N–H and O–H groups in total. The van der Waals surface area contributed by atoms with Crippen molar-refractivity contribution in [3.05, 3.63) is 12.2 Å². The van der Waals surface area contributed by atoms with Gasteiger partial charge in [0.05, 0.1) is 0 Å². The molecular formula is C11H20. The van der Waals surface area contributed by atoms with Crippen LogP contribution in [0.5, 0.6) is 0 Å². The standard InChI is InChI=1S/C11H20/c1-5-9-6-7-10(8-9)11(2,3)4/h6-7,9-10H,5,8H2,1-4H3/t9-,10+/m0/s1. The Morgan fingerprint density at radius 1 is 1.27 bits per heavy atom. The molecule has 0 saturated carbocycles. The molecule has 11 heavy (non-hydrogen) atoms. The van der Waals surface area contributed by atoms with Gasteiger partial charge in [-0.05, 0) is 30.1 Å². The summed E-state index contributed by atoms with van der Waals surface area (Å²) in [5.41, 5.74) is 0.473. The largest absolute Gasteiger partial charge is 0.0851 e. The summed E-state index contributed by atoms with van der Waals surface area (Å²) in [5, 5.41) is 0. The number of hydrogen-bond acceptors (Lipinski definition) is 0. The second kappa shape index (κ2) is 3.00. The van der Waals surface area contributed by atoms with Crippen molar-refractivity contribution in [2.24, 2.45) is 17.3 Å². The van der Waals surface area contributed by atoms with Gasteiger partial charge in [-0.2, -0.15) is 0 Å². The van der Waals surface area contributed by atoms with Crippen molar-refractivity contribution in [1.29, 1.82) is 0 Å². The lowest BCUT2D eigenvalue weighted by Crippen LogP contribution is -2.17. The SMILES string of the molecule is CC[C@H]1C=C[C@@H](C(C)(C)C)C1. The molecule has 0 aromatic rings. The van der Waals surface area contributed by atoms with E-state index >= 15 is 0 Å². The van der Waals surface area contributed by atoms with Gasteiger partial charge in [-0.3, -0.25) is 0 Å². The molecule has 64 valence electrons. The summed E-state index contributed by atoms with van der Waals surface area (Å²) in [6.45, 7) is 9.28. The average molecular weight is 152 g/mol. The Morgan fingerprint density at radius 3 is 2.18 bits per heavy atom. The van der Waals surface area contributed by atoms with Crippen LogP contribution in [0.15, 0.2) is 12.2 Å². The highest BCUT2D eigenvalue weighted by Gasteiger charge is 2.27. The van der Waals surface area contributed by atoms with Crippen LogP contribution in [-0.2, 0) is 0 Å². The van der Waals surface area contributed by atoms with Gasteiger partial charge in [0.15, 0.2) is 0 Å². The van der Waals surface area contributed by atoms with Crippen LogP contribution >= 0.6 is 0 Å². The molecule has 0 aromatic carbocycles. The Balaban J connectivity index is 2.50. The Kier molecular flexibility index (Phi) is 2.41. The normalized spacial score (nSPS) is 31.3. The second-order valence-corrected chi connectivity index (χ2v) is 4.76. The molecule has 1 aliphatic rings. The summed E-state index contributed by atoms with van der Waals surface area (Å²) >= 11 is 0. The minimum atomic E-state index is 0.473. The quantitative estimate of drug-likeness (QED) is 0.503. The summed E-state index contributed by atoms with van der Waals surface area (Å²) in [5.74, 6) is 1.67. The first-order valence-corrected chi connectivity index (χ1v) is 4.72. The zero-order valence-electron chi connectivity index (χ0n) is 8.22. The van der Waals surface area contributed by atoms with Crippen molar-refractivity contribution in [1.82, 2.24) is 0 Å². The number of allylic oxidation sites excluding steroid dienone is 2. The maximum Gasteiger partial charge on any atom is -0.0179 e. The van der Waals surface area contributed by atoms with Crippen LogP contribution in [0.25, 0.3) is 0 Å². The summed E-state index contributed by atoms with van der Waals surface area (Å²) in [6, 6.07) is 0. The fraction of sp³-hybridized carbons (Fsp3) is 0.818. The van der Waals surface area contributed by atoms with E-state index in [4.69, 9.17) is 0 Å². The van der Waals surface area contributed by atoms with Gasteiger partial charge in [0.2, 0.25) is 0 Å². The predicted molar refractivity (Wildman–Crippen MR) is 50.5 cm³/mol. The molecule has 0 heterocycles. The van der Waals surface area contributed by atoms with E-state index in [0.717, 1.165) is 11.8 Å². The maximum atomic E-state index is 2.41. The fourth-order valence-electron chi connectivity index (χ4n) is 1.72. The van der Waals surface area contributed by atoms with Gasteiger partial charge < -0.3 is 0 Å². The van der Waals surface area contributed by atoms with Crippen molar-refractivity contribution in [2.75, 3.05) is 0 Å². The van der Waals surface area contributed by atoms with E-state index in [1.165, 1.54) is 12.8 Å². The van der Waals surface area contributed by atoms with Crippen LogP contribution < -0.4 is 0 Å². The van der Waals surface area contributed by atoms with E-state index < -0.39 is 0 Å². The van der Waals surface area contributed by atoms with Gasteiger partial charge >= 0.3 is 0 Å². The minimum Gasteiger partial charge on any atom is -0.0851 e. The molecule has 0 aliphatic heterocycles. The monoisotopic (exact) mass is 152 g/mol. The molecule has 0 spiro atoms. The van der Waals surface area contributed by atoms with Crippen molar-refractivity contribution >= 4 is 0 Å². The van der Waals surface area contributed by atoms with Gasteiger partial charge in [0.1, 0.15) is 0 Å². The Labute approximate surface area is 70.7 Å². The van der Waals surface area contributed by atoms with Crippen LogP contribution in [0.2, 0.25) is 0 Å². The van der Waals surface area contributed by atoms with Gasteiger partial charge in [-0.1, -0.05) is 39.8 Å². The van der Waals surface area contributed by atoms with Crippen LogP contribution in [-0.4, -0.2) is 0 Å². The van der Waals surface area contributed by atoms with Gasteiger partial charge in [-0.15, -0.1) is 0 Å². The highest BCUT2D eigenvalue weighted by Crippen LogP contribution is 2.37. The molecule has 2 atom stereocenters. The maximum absolute atomic E-state index is 2.41. The van der Waals surface area contributed by atoms with Gasteiger partial charge in [0.25, 0.3) is 0 Å². The molecule has 0 bridgehead atoms. The van der Waals surface area contributed by atoms with Crippen molar-refractivity contribution < 1.29 is 0 Å². The first-order valence-electron chi connectivity index (χ1n) is 4.72. The third kappa shape index (κ3) is 2.08. The number of hydrogen-bond donors (Lipinski definition) is 0. The predicted octanol–water partition coefficient (Wildman–Crippen LogP) is 3.63. The van der Waals surface area contributed by atoms with E-state index in [-0.39, 0.29) is 0 Å². The first kappa shape index (κ1) is 8.83. The average Bonchev–Trinajstić information content (AvgIpc) is 2.32. The highest BCUT2D eigenvalue weighted by atomic mass is 14.3. The van der Waals surface area contributed by atoms with Crippen molar-refractivity contribution in [3.63, 3.8) is 0 Å². The minimum absolute atomic E-state index is 0.473. The van der Waals surface area contributed by atoms with E-state index in [0.29, 0.717) is 5.41 Å². The van der Waals surface area contributed by atoms with Crippen LogP contribution in [0.1, 0.15) is 40.5 Å². The lowest BCUT2D eigenvalue weighted by molar-refractivity contribution is 0.271. The molecule has 0 aromatic heterocycles. The molecule has 1 rings (SSSR count). The molecule has 0 fully saturated rings. The molecule has 0 amide bonds. The van der Waals surface area contributed by atoms with Gasteiger partial charge in [-0.25, -0.2) is 0 Å². The summed E-state index contributed by atoms with van der Waals surface area (Å²) in [4.78, 5) is 0. The summed E-state index contributed by atoms with van der Waals surface area (Å²) < 4.78 is 0. The lowest BCUT2D eigenvalue weighted by Gasteiger charge is -2.26. The van der Waals surface area contributed by atoms with Crippen LogP contribution in [0.3, 0.4) is 0 Å². The second-order valence-electron chi connectivity index (χ2n) is 4.76. The third-order valence-corrected chi connectivity index (χ3v) is 2.81. The van der Waals surface area contributed by atoms with E-state index in [9.17, 15) is 0 Å². The smallest absolute Gasteiger partial charge is 0.0179 e. The Morgan fingerprint density at radius 2 is 1.91 bits per heavy atom. The third-order valence-electron chi connectivity index (χ3n) is 2.81.